The number of ether oxygens (including phenoxy) is 2. The molecule has 2 saturated carbocycles. The first kappa shape index (κ1) is 20.2. The molecule has 7 nitrogen and oxygen atoms in total. The molecular weight excluding hydrogens is 360 g/mol. The van der Waals surface area contributed by atoms with Gasteiger partial charge in [-0.05, 0) is 43.6 Å². The van der Waals surface area contributed by atoms with Crippen molar-refractivity contribution in [1.29, 1.82) is 0 Å². The molecule has 2 amide bonds. The van der Waals surface area contributed by atoms with Gasteiger partial charge in [-0.25, -0.2) is 4.79 Å². The predicted octanol–water partition coefficient (Wildman–Crippen LogP) is 2.35. The van der Waals surface area contributed by atoms with E-state index in [0.717, 1.165) is 24.8 Å². The molecule has 2 bridgehead atoms. The van der Waals surface area contributed by atoms with Crippen LogP contribution in [-0.2, 0) is 25.7 Å². The minimum absolute atomic E-state index is 0.0987. The fraction of sp³-hybridized carbons (Fsp3) is 0.571. The average Bonchev–Trinajstić information content (AvgIpc) is 3.28. The van der Waals surface area contributed by atoms with Crippen molar-refractivity contribution in [2.45, 2.75) is 38.8 Å². The molecule has 7 heteroatoms. The lowest BCUT2D eigenvalue weighted by molar-refractivity contribution is -0.153. The molecule has 4 unspecified atom stereocenters. The fourth-order valence-electron chi connectivity index (χ4n) is 4.41. The van der Waals surface area contributed by atoms with Gasteiger partial charge in [0.2, 0.25) is 5.91 Å². The number of nitrogens with one attached hydrogen (secondary N) is 1. The second kappa shape index (κ2) is 9.08. The Bertz CT molecular complexity index is 708. The summed E-state index contributed by atoms with van der Waals surface area (Å²) in [5.74, 6) is -0.314. The molecule has 0 saturated heterocycles. The molecule has 152 valence electrons. The number of benzene rings is 1. The number of likely N-dealkylation sites (N-methyl/N-ethyl adjacent to an activating group) is 1. The maximum Gasteiger partial charge on any atom is 0.409 e. The topological polar surface area (TPSA) is 84.9 Å². The van der Waals surface area contributed by atoms with Gasteiger partial charge in [-0.1, -0.05) is 30.3 Å². The summed E-state index contributed by atoms with van der Waals surface area (Å²) in [6.45, 7) is 2.11. The molecule has 1 aromatic rings. The van der Waals surface area contributed by atoms with Gasteiger partial charge in [0.05, 0.1) is 12.5 Å². The summed E-state index contributed by atoms with van der Waals surface area (Å²) in [5.41, 5.74) is 0.940. The largest absolute Gasteiger partial charge is 0.461 e. The van der Waals surface area contributed by atoms with Crippen molar-refractivity contribution in [1.82, 2.24) is 10.2 Å². The second-order valence-electron chi connectivity index (χ2n) is 7.60. The van der Waals surface area contributed by atoms with Crippen molar-refractivity contribution in [3.8, 4) is 0 Å². The number of esters is 1. The molecule has 0 aliphatic heterocycles. The van der Waals surface area contributed by atoms with Gasteiger partial charge in [0.25, 0.3) is 0 Å². The molecular formula is C21H28N2O5. The number of fused-ring (bicyclic) bond motifs is 2. The van der Waals surface area contributed by atoms with Gasteiger partial charge >= 0.3 is 12.1 Å². The molecule has 2 aliphatic carbocycles. The fourth-order valence-corrected chi connectivity index (χ4v) is 4.41. The molecule has 0 heterocycles. The Kier molecular flexibility index (Phi) is 6.54. The molecule has 4 atom stereocenters. The van der Waals surface area contributed by atoms with E-state index in [1.165, 1.54) is 11.9 Å². The molecule has 28 heavy (non-hydrogen) atoms. The smallest absolute Gasteiger partial charge is 0.409 e. The molecule has 1 aromatic carbocycles. The number of nitrogens with zero attached hydrogens (tertiary/aromatic N) is 1. The normalized spacial score (nSPS) is 25.2. The number of carbonyl (C=O) groups excluding carboxylic acids is 3. The van der Waals surface area contributed by atoms with Crippen LogP contribution in [0.2, 0.25) is 0 Å². The summed E-state index contributed by atoms with van der Waals surface area (Å²) in [6, 6.07) is 9.33. The van der Waals surface area contributed by atoms with E-state index >= 15 is 0 Å². The van der Waals surface area contributed by atoms with Crippen LogP contribution in [0.1, 0.15) is 31.7 Å². The molecule has 1 N–H and O–H groups in total. The van der Waals surface area contributed by atoms with Crippen LogP contribution in [-0.4, -0.2) is 49.1 Å². The van der Waals surface area contributed by atoms with Gasteiger partial charge in [-0.2, -0.15) is 0 Å². The predicted molar refractivity (Wildman–Crippen MR) is 102 cm³/mol. The van der Waals surface area contributed by atoms with Gasteiger partial charge in [-0.15, -0.1) is 0 Å². The molecule has 2 fully saturated rings. The molecule has 0 spiro atoms. The Labute approximate surface area is 165 Å². The van der Waals surface area contributed by atoms with Crippen molar-refractivity contribution in [2.75, 3.05) is 20.2 Å². The van der Waals surface area contributed by atoms with Crippen molar-refractivity contribution in [3.63, 3.8) is 0 Å². The SMILES string of the molecule is CCOC(=O)N(C)CC(=O)NC1C2CCC(C2)C1C(=O)OCc1ccccc1. The number of rotatable bonds is 7. The van der Waals surface area contributed by atoms with E-state index < -0.39 is 6.09 Å². The highest BCUT2D eigenvalue weighted by Crippen LogP contribution is 2.49. The van der Waals surface area contributed by atoms with Crippen molar-refractivity contribution >= 4 is 18.0 Å². The van der Waals surface area contributed by atoms with Crippen LogP contribution in [0.25, 0.3) is 0 Å². The third kappa shape index (κ3) is 4.64. The zero-order valence-electron chi connectivity index (χ0n) is 16.4. The zero-order valence-corrected chi connectivity index (χ0v) is 16.4. The van der Waals surface area contributed by atoms with E-state index in [-0.39, 0.29) is 55.4 Å². The van der Waals surface area contributed by atoms with Gasteiger partial charge in [0.1, 0.15) is 13.2 Å². The van der Waals surface area contributed by atoms with E-state index in [4.69, 9.17) is 9.47 Å². The number of carbonyl (C=O) groups is 3. The van der Waals surface area contributed by atoms with Crippen molar-refractivity contribution in [2.24, 2.45) is 17.8 Å². The second-order valence-corrected chi connectivity index (χ2v) is 7.60. The maximum atomic E-state index is 12.8. The van der Waals surface area contributed by atoms with Gasteiger partial charge in [0.15, 0.2) is 0 Å². The summed E-state index contributed by atoms with van der Waals surface area (Å²) in [5, 5.41) is 2.98. The lowest BCUT2D eigenvalue weighted by Crippen LogP contribution is -2.50. The Morgan fingerprint density at radius 3 is 2.54 bits per heavy atom. The highest BCUT2D eigenvalue weighted by molar-refractivity contribution is 5.83. The Morgan fingerprint density at radius 1 is 1.11 bits per heavy atom. The lowest BCUT2D eigenvalue weighted by Gasteiger charge is -2.30. The van der Waals surface area contributed by atoms with Crippen LogP contribution < -0.4 is 5.32 Å². The minimum atomic E-state index is -0.538. The minimum Gasteiger partial charge on any atom is -0.461 e. The van der Waals surface area contributed by atoms with Crippen LogP contribution in [0.5, 0.6) is 0 Å². The standard InChI is InChI=1S/C21H28N2O5/c1-3-27-21(26)23(2)12-17(24)22-19-16-10-9-15(11-16)18(19)20(25)28-13-14-7-5-4-6-8-14/h4-8,15-16,18-19H,3,9-13H2,1-2H3,(H,22,24). The summed E-state index contributed by atoms with van der Waals surface area (Å²) in [4.78, 5) is 38.1. The Hall–Kier alpha value is -2.57. The highest BCUT2D eigenvalue weighted by Gasteiger charge is 2.52. The van der Waals surface area contributed by atoms with Crippen LogP contribution in [0.3, 0.4) is 0 Å². The summed E-state index contributed by atoms with van der Waals surface area (Å²) in [6.07, 6.45) is 2.39. The quantitative estimate of drug-likeness (QED) is 0.725. The third-order valence-corrected chi connectivity index (χ3v) is 5.70. The van der Waals surface area contributed by atoms with Gasteiger partial charge in [0, 0.05) is 13.1 Å². The maximum absolute atomic E-state index is 12.8. The first-order chi connectivity index (χ1) is 13.5. The van der Waals surface area contributed by atoms with E-state index in [1.807, 2.05) is 30.3 Å². The summed E-state index contributed by atoms with van der Waals surface area (Å²) < 4.78 is 10.4. The van der Waals surface area contributed by atoms with Crippen LogP contribution in [0.15, 0.2) is 30.3 Å². The zero-order chi connectivity index (χ0) is 20.1. The lowest BCUT2D eigenvalue weighted by atomic mass is 9.84. The number of amides is 2. The van der Waals surface area contributed by atoms with E-state index in [0.29, 0.717) is 0 Å². The number of hydrogen-bond donors (Lipinski definition) is 1. The average molecular weight is 388 g/mol. The molecule has 3 rings (SSSR count). The van der Waals surface area contributed by atoms with Crippen molar-refractivity contribution in [3.05, 3.63) is 35.9 Å². The van der Waals surface area contributed by atoms with Crippen molar-refractivity contribution < 1.29 is 23.9 Å². The molecule has 2 aliphatic rings. The molecule has 0 radical (unpaired) electrons. The third-order valence-electron chi connectivity index (χ3n) is 5.70. The number of hydrogen-bond acceptors (Lipinski definition) is 5. The van der Waals surface area contributed by atoms with Gasteiger partial charge < -0.3 is 19.7 Å². The highest BCUT2D eigenvalue weighted by atomic mass is 16.6. The van der Waals surface area contributed by atoms with E-state index in [9.17, 15) is 14.4 Å². The molecule has 0 aromatic heterocycles. The van der Waals surface area contributed by atoms with Crippen LogP contribution >= 0.6 is 0 Å². The first-order valence-corrected chi connectivity index (χ1v) is 9.87. The van der Waals surface area contributed by atoms with Crippen LogP contribution in [0.4, 0.5) is 4.79 Å². The summed E-state index contributed by atoms with van der Waals surface area (Å²) >= 11 is 0. The first-order valence-electron chi connectivity index (χ1n) is 9.87. The monoisotopic (exact) mass is 388 g/mol. The van der Waals surface area contributed by atoms with E-state index in [2.05, 4.69) is 5.32 Å². The Morgan fingerprint density at radius 2 is 1.82 bits per heavy atom. The van der Waals surface area contributed by atoms with Crippen LogP contribution in [0, 0.1) is 17.8 Å². The summed E-state index contributed by atoms with van der Waals surface area (Å²) in [7, 11) is 1.52. The van der Waals surface area contributed by atoms with E-state index in [1.54, 1.807) is 6.92 Å². The Balaban J connectivity index is 1.57. The van der Waals surface area contributed by atoms with Gasteiger partial charge in [-0.3, -0.25) is 9.59 Å².